The maximum atomic E-state index is 12.7. The van der Waals surface area contributed by atoms with Crippen LogP contribution in [0.2, 0.25) is 0 Å². The van der Waals surface area contributed by atoms with E-state index >= 15 is 0 Å². The Bertz CT molecular complexity index is 972. The summed E-state index contributed by atoms with van der Waals surface area (Å²) in [6, 6.07) is 9.22. The van der Waals surface area contributed by atoms with Gasteiger partial charge in [-0.25, -0.2) is 0 Å². The molecule has 2 saturated heterocycles. The number of ketones is 1. The van der Waals surface area contributed by atoms with E-state index in [0.717, 1.165) is 37.2 Å². The molecule has 3 heterocycles. The van der Waals surface area contributed by atoms with Crippen molar-refractivity contribution in [2.45, 2.75) is 19.3 Å². The van der Waals surface area contributed by atoms with Crippen molar-refractivity contribution in [2.24, 2.45) is 0 Å². The predicted octanol–water partition coefficient (Wildman–Crippen LogP) is 1.83. The second-order valence-corrected chi connectivity index (χ2v) is 8.41. The van der Waals surface area contributed by atoms with E-state index in [1.54, 1.807) is 19.4 Å². The lowest BCUT2D eigenvalue weighted by Gasteiger charge is -2.34. The molecule has 0 spiro atoms. The molecule has 2 aliphatic rings. The molecule has 1 aromatic carbocycles. The zero-order valence-electron chi connectivity index (χ0n) is 18.5. The van der Waals surface area contributed by atoms with Gasteiger partial charge in [-0.3, -0.25) is 19.3 Å². The molecule has 4 rings (SSSR count). The van der Waals surface area contributed by atoms with Gasteiger partial charge >= 0.3 is 0 Å². The number of amides is 2. The number of piperazine rings is 1. The van der Waals surface area contributed by atoms with Crippen LogP contribution in [0.25, 0.3) is 0 Å². The van der Waals surface area contributed by atoms with Crippen molar-refractivity contribution in [1.82, 2.24) is 19.7 Å². The van der Waals surface area contributed by atoms with E-state index in [1.165, 1.54) is 0 Å². The van der Waals surface area contributed by atoms with Crippen molar-refractivity contribution in [3.8, 4) is 5.75 Å². The molecule has 2 aliphatic heterocycles. The molecule has 0 radical (unpaired) electrons. The third-order valence-electron chi connectivity index (χ3n) is 6.21. The Hall–Kier alpha value is -3.13. The van der Waals surface area contributed by atoms with Crippen LogP contribution in [0, 0.1) is 0 Å². The fraction of sp³-hybridized carbons (Fsp3) is 0.458. The summed E-state index contributed by atoms with van der Waals surface area (Å²) in [4.78, 5) is 46.5. The average molecular weight is 439 g/mol. The number of benzene rings is 1. The van der Waals surface area contributed by atoms with E-state index in [-0.39, 0.29) is 24.1 Å². The van der Waals surface area contributed by atoms with Crippen LogP contribution in [0.3, 0.4) is 0 Å². The number of carbonyl (C=O) groups excluding carboxylic acids is 3. The molecule has 0 bridgehead atoms. The molecular weight excluding hydrogens is 408 g/mol. The summed E-state index contributed by atoms with van der Waals surface area (Å²) in [6.45, 7) is 4.35. The fourth-order valence-corrected chi connectivity index (χ4v) is 4.29. The van der Waals surface area contributed by atoms with Gasteiger partial charge < -0.3 is 19.5 Å². The molecule has 32 heavy (non-hydrogen) atoms. The SMILES string of the molecule is COc1cccc(CC(=O)N2CCN(CC(=O)c3c[nH]c(C(=O)N4CCCC4)c3)CC2)c1. The van der Waals surface area contributed by atoms with Gasteiger partial charge in [0.25, 0.3) is 5.91 Å². The second-order valence-electron chi connectivity index (χ2n) is 8.41. The highest BCUT2D eigenvalue weighted by molar-refractivity contribution is 6.01. The number of aromatic amines is 1. The van der Waals surface area contributed by atoms with E-state index < -0.39 is 0 Å². The summed E-state index contributed by atoms with van der Waals surface area (Å²) in [5, 5.41) is 0. The number of ether oxygens (including phenoxy) is 1. The zero-order chi connectivity index (χ0) is 22.5. The molecule has 0 atom stereocenters. The van der Waals surface area contributed by atoms with Gasteiger partial charge in [0.15, 0.2) is 5.78 Å². The molecule has 2 aromatic rings. The standard InChI is InChI=1S/C24H30N4O4/c1-32-20-6-4-5-18(13-20)14-23(30)27-11-9-26(10-12-27)17-22(29)19-15-21(25-16-19)24(31)28-7-2-3-8-28/h4-6,13,15-16,25H,2-3,7-12,14,17H2,1H3. The third kappa shape index (κ3) is 5.19. The highest BCUT2D eigenvalue weighted by atomic mass is 16.5. The number of H-pyrrole nitrogens is 1. The van der Waals surface area contributed by atoms with E-state index in [4.69, 9.17) is 4.74 Å². The van der Waals surface area contributed by atoms with Crippen LogP contribution in [0.5, 0.6) is 5.75 Å². The van der Waals surface area contributed by atoms with Crippen LogP contribution in [0.4, 0.5) is 0 Å². The van der Waals surface area contributed by atoms with Gasteiger partial charge in [-0.2, -0.15) is 0 Å². The number of Topliss-reactive ketones (excluding diaryl/α,β-unsaturated/α-hetero) is 1. The lowest BCUT2D eigenvalue weighted by atomic mass is 10.1. The summed E-state index contributed by atoms with van der Waals surface area (Å²) in [5.41, 5.74) is 1.94. The monoisotopic (exact) mass is 438 g/mol. The molecular formula is C24H30N4O4. The smallest absolute Gasteiger partial charge is 0.270 e. The Balaban J connectivity index is 1.25. The number of carbonyl (C=O) groups is 3. The lowest BCUT2D eigenvalue weighted by Crippen LogP contribution is -2.50. The molecule has 170 valence electrons. The maximum absolute atomic E-state index is 12.7. The molecule has 0 unspecified atom stereocenters. The summed E-state index contributed by atoms with van der Waals surface area (Å²) in [7, 11) is 1.61. The minimum atomic E-state index is -0.0373. The molecule has 1 aromatic heterocycles. The number of nitrogens with zero attached hydrogens (tertiary/aromatic N) is 3. The van der Waals surface area contributed by atoms with Crippen molar-refractivity contribution < 1.29 is 19.1 Å². The quantitative estimate of drug-likeness (QED) is 0.667. The molecule has 8 heteroatoms. The van der Waals surface area contributed by atoms with E-state index in [1.807, 2.05) is 34.1 Å². The Morgan fingerprint density at radius 2 is 1.72 bits per heavy atom. The summed E-state index contributed by atoms with van der Waals surface area (Å²) in [6.07, 6.45) is 4.03. The Morgan fingerprint density at radius 3 is 2.44 bits per heavy atom. The topological polar surface area (TPSA) is 86.0 Å². The number of aromatic nitrogens is 1. The number of rotatable bonds is 7. The molecule has 8 nitrogen and oxygen atoms in total. The first kappa shape index (κ1) is 22.1. The van der Waals surface area contributed by atoms with Crippen molar-refractivity contribution in [1.29, 1.82) is 0 Å². The maximum Gasteiger partial charge on any atom is 0.270 e. The largest absolute Gasteiger partial charge is 0.497 e. The first-order valence-corrected chi connectivity index (χ1v) is 11.2. The molecule has 2 fully saturated rings. The van der Waals surface area contributed by atoms with Crippen molar-refractivity contribution in [3.63, 3.8) is 0 Å². The average Bonchev–Trinajstić information content (AvgIpc) is 3.52. The Morgan fingerprint density at radius 1 is 0.969 bits per heavy atom. The van der Waals surface area contributed by atoms with E-state index in [0.29, 0.717) is 43.9 Å². The first-order valence-electron chi connectivity index (χ1n) is 11.2. The molecule has 2 amide bonds. The van der Waals surface area contributed by atoms with Crippen LogP contribution < -0.4 is 4.74 Å². The molecule has 0 saturated carbocycles. The van der Waals surface area contributed by atoms with Gasteiger partial charge in [0.2, 0.25) is 5.91 Å². The van der Waals surface area contributed by atoms with Crippen LogP contribution in [-0.2, 0) is 11.2 Å². The van der Waals surface area contributed by atoms with Gasteiger partial charge in [0.1, 0.15) is 11.4 Å². The number of likely N-dealkylation sites (tertiary alicyclic amines) is 1. The van der Waals surface area contributed by atoms with Crippen LogP contribution in [0.1, 0.15) is 39.3 Å². The van der Waals surface area contributed by atoms with Crippen LogP contribution in [0.15, 0.2) is 36.5 Å². The molecule has 0 aliphatic carbocycles. The number of methoxy groups -OCH3 is 1. The summed E-state index contributed by atoms with van der Waals surface area (Å²) < 4.78 is 5.22. The lowest BCUT2D eigenvalue weighted by molar-refractivity contribution is -0.132. The van der Waals surface area contributed by atoms with E-state index in [9.17, 15) is 14.4 Å². The van der Waals surface area contributed by atoms with Gasteiger partial charge in [-0.05, 0) is 36.6 Å². The van der Waals surface area contributed by atoms with Gasteiger partial charge in [-0.1, -0.05) is 12.1 Å². The third-order valence-corrected chi connectivity index (χ3v) is 6.21. The highest BCUT2D eigenvalue weighted by Crippen LogP contribution is 2.16. The number of hydrogen-bond acceptors (Lipinski definition) is 5. The van der Waals surface area contributed by atoms with Crippen molar-refractivity contribution >= 4 is 17.6 Å². The van der Waals surface area contributed by atoms with Gasteiger partial charge in [-0.15, -0.1) is 0 Å². The minimum absolute atomic E-state index is 0.0159. The predicted molar refractivity (Wildman–Crippen MR) is 120 cm³/mol. The number of hydrogen-bond donors (Lipinski definition) is 1. The normalized spacial score (nSPS) is 16.9. The second kappa shape index (κ2) is 9.99. The minimum Gasteiger partial charge on any atom is -0.497 e. The highest BCUT2D eigenvalue weighted by Gasteiger charge is 2.25. The number of nitrogens with one attached hydrogen (secondary N) is 1. The first-order chi connectivity index (χ1) is 15.5. The van der Waals surface area contributed by atoms with E-state index in [2.05, 4.69) is 9.88 Å². The van der Waals surface area contributed by atoms with Gasteiger partial charge in [0, 0.05) is 51.0 Å². The fourth-order valence-electron chi connectivity index (χ4n) is 4.29. The summed E-state index contributed by atoms with van der Waals surface area (Å²) in [5.74, 6) is 0.774. The van der Waals surface area contributed by atoms with Crippen LogP contribution >= 0.6 is 0 Å². The molecule has 1 N–H and O–H groups in total. The zero-order valence-corrected chi connectivity index (χ0v) is 18.5. The van der Waals surface area contributed by atoms with Crippen molar-refractivity contribution in [2.75, 3.05) is 52.9 Å². The summed E-state index contributed by atoms with van der Waals surface area (Å²) >= 11 is 0. The Labute approximate surface area is 188 Å². The Kier molecular flexibility index (Phi) is 6.90. The van der Waals surface area contributed by atoms with Crippen LogP contribution in [-0.4, -0.2) is 90.2 Å². The van der Waals surface area contributed by atoms with Crippen molar-refractivity contribution in [3.05, 3.63) is 53.3 Å². The van der Waals surface area contributed by atoms with Gasteiger partial charge in [0.05, 0.1) is 20.1 Å².